The molecule has 0 aliphatic rings. The molecule has 0 atom stereocenters. The minimum atomic E-state index is -1.07. The maximum atomic E-state index is 13.2. The predicted molar refractivity (Wildman–Crippen MR) is 303 cm³/mol. The van der Waals surface area contributed by atoms with Gasteiger partial charge in [0.2, 0.25) is 47.3 Å². The summed E-state index contributed by atoms with van der Waals surface area (Å²) >= 11 is 0. The first-order chi connectivity index (χ1) is 40.7. The zero-order valence-corrected chi connectivity index (χ0v) is 48.9. The minimum Gasteiger partial charge on any atom is -0.481 e. The van der Waals surface area contributed by atoms with Crippen LogP contribution in [0.1, 0.15) is 141 Å². The van der Waals surface area contributed by atoms with Crippen LogP contribution in [0.15, 0.2) is 24.7 Å². The van der Waals surface area contributed by atoms with Crippen LogP contribution in [0, 0.1) is 0 Å². The van der Waals surface area contributed by atoms with E-state index in [4.69, 9.17) is 34.9 Å². The van der Waals surface area contributed by atoms with Crippen molar-refractivity contribution >= 4 is 71.4 Å². The molecule has 0 aromatic rings. The van der Waals surface area contributed by atoms with Crippen molar-refractivity contribution in [1.82, 2.24) is 52.3 Å². The molecule has 0 saturated carbocycles. The topological polar surface area (TPSA) is 435 Å². The first kappa shape index (κ1) is 77.2. The summed E-state index contributed by atoms with van der Waals surface area (Å²) in [6.45, 7) is 7.88. The van der Waals surface area contributed by atoms with Gasteiger partial charge < -0.3 is 86.5 Å². The number of nitrogens with zero attached hydrogens (tertiary/aromatic N) is 2. The van der Waals surface area contributed by atoms with E-state index in [1.807, 2.05) is 0 Å². The van der Waals surface area contributed by atoms with E-state index in [2.05, 4.69) is 65.5 Å². The maximum absolute atomic E-state index is 13.2. The molecule has 0 aromatic heterocycles. The fourth-order valence-corrected chi connectivity index (χ4v) is 7.35. The Bertz CT molecular complexity index is 1950. The molecule has 0 rings (SSSR count). The highest BCUT2D eigenvalue weighted by Gasteiger charge is 2.19. The number of hydrogen-bond acceptors (Lipinski definition) is 19. The molecule has 0 heterocycles. The van der Waals surface area contributed by atoms with Crippen LogP contribution in [-0.4, -0.2) is 207 Å². The zero-order chi connectivity index (χ0) is 63.3. The van der Waals surface area contributed by atoms with Crippen LogP contribution in [-0.2, 0) is 71.9 Å². The number of hydrogen-bond donors (Lipinski definition) is 12. The second-order valence-corrected chi connectivity index (χ2v) is 19.3. The number of carboxylic acids is 2. The monoisotopic (exact) mass is 1220 g/mol. The van der Waals surface area contributed by atoms with E-state index in [1.165, 1.54) is 9.80 Å². The normalized spacial score (nSPS) is 10.5. The SMILES string of the molecule is C=C(CC(=O)NCCCCCC(=O)NCCN(CCNC(=O)CCCCCNC(=O)CC(=C)OO)C(=O)OCCOCCOC(=O)N(CCNC(=O)CCCCCNC(=O)CCC(=O)O)CCNC(=O)CCCCCNC(=O)CCC(=O)O)OO. The van der Waals surface area contributed by atoms with Crippen molar-refractivity contribution in [2.75, 3.05) is 105 Å². The van der Waals surface area contributed by atoms with Gasteiger partial charge in [0.25, 0.3) is 0 Å². The molecule has 0 bridgehead atoms. The Labute approximate surface area is 495 Å². The molecular formula is C54H92N10O21. The van der Waals surface area contributed by atoms with Crippen molar-refractivity contribution in [3.05, 3.63) is 24.7 Å². The summed E-state index contributed by atoms with van der Waals surface area (Å²) in [5, 5.41) is 56.1. The Kier molecular flexibility index (Phi) is 47.1. The van der Waals surface area contributed by atoms with Crippen molar-refractivity contribution < 1.29 is 102 Å². The summed E-state index contributed by atoms with van der Waals surface area (Å²) in [7, 11) is 0. The average Bonchev–Trinajstić information content (AvgIpc) is 3.46. The Morgan fingerprint density at radius 1 is 0.318 bits per heavy atom. The summed E-state index contributed by atoms with van der Waals surface area (Å²) in [5.74, 6) is -4.88. The highest BCUT2D eigenvalue weighted by molar-refractivity contribution is 5.82. The van der Waals surface area contributed by atoms with Gasteiger partial charge in [-0.15, -0.1) is 0 Å². The van der Waals surface area contributed by atoms with Crippen LogP contribution in [0.25, 0.3) is 0 Å². The summed E-state index contributed by atoms with van der Waals surface area (Å²) in [4.78, 5) is 155. The lowest BCUT2D eigenvalue weighted by molar-refractivity contribution is -0.205. The van der Waals surface area contributed by atoms with E-state index in [0.717, 1.165) is 0 Å². The lowest BCUT2D eigenvalue weighted by Crippen LogP contribution is -2.43. The number of nitrogens with one attached hydrogen (secondary N) is 8. The number of carbonyl (C=O) groups excluding carboxylic acids is 10. The molecule has 0 aliphatic carbocycles. The average molecular weight is 1220 g/mol. The lowest BCUT2D eigenvalue weighted by Gasteiger charge is -2.23. The van der Waals surface area contributed by atoms with Crippen molar-refractivity contribution in [2.24, 2.45) is 0 Å². The first-order valence-electron chi connectivity index (χ1n) is 28.7. The summed E-state index contributed by atoms with van der Waals surface area (Å²) in [6.07, 6.45) is 5.04. The van der Waals surface area contributed by atoms with Crippen LogP contribution >= 0.6 is 0 Å². The van der Waals surface area contributed by atoms with Gasteiger partial charge >= 0.3 is 24.1 Å². The minimum absolute atomic E-state index is 0.0240. The molecule has 0 radical (unpaired) electrons. The summed E-state index contributed by atoms with van der Waals surface area (Å²) < 4.78 is 16.4. The third-order valence-corrected chi connectivity index (χ3v) is 12.0. The van der Waals surface area contributed by atoms with Gasteiger partial charge in [0, 0.05) is 117 Å². The number of rotatable bonds is 54. The number of aliphatic carboxylic acids is 2. The van der Waals surface area contributed by atoms with Gasteiger partial charge in [-0.25, -0.2) is 20.1 Å². The molecule has 10 amide bonds. The fourth-order valence-electron chi connectivity index (χ4n) is 7.35. The third-order valence-electron chi connectivity index (χ3n) is 12.0. The molecule has 85 heavy (non-hydrogen) atoms. The molecule has 0 spiro atoms. The Morgan fingerprint density at radius 3 is 0.847 bits per heavy atom. The number of unbranched alkanes of at least 4 members (excludes halogenated alkanes) is 8. The molecule has 31 heteroatoms. The summed E-state index contributed by atoms with van der Waals surface area (Å²) in [6, 6.07) is 0. The Hall–Kier alpha value is -7.80. The van der Waals surface area contributed by atoms with E-state index in [9.17, 15) is 57.5 Å². The van der Waals surface area contributed by atoms with Crippen molar-refractivity contribution in [3.8, 4) is 0 Å². The Balaban J connectivity index is 5.20. The fraction of sp³-hybridized carbons (Fsp3) is 0.704. The first-order valence-corrected chi connectivity index (χ1v) is 28.7. The van der Waals surface area contributed by atoms with E-state index in [0.29, 0.717) is 103 Å². The second-order valence-electron chi connectivity index (χ2n) is 19.3. The molecule has 0 aliphatic heterocycles. The molecular weight excluding hydrogens is 1120 g/mol. The second kappa shape index (κ2) is 51.8. The van der Waals surface area contributed by atoms with Gasteiger partial charge in [-0.3, -0.25) is 47.9 Å². The predicted octanol–water partition coefficient (Wildman–Crippen LogP) is 1.57. The largest absolute Gasteiger partial charge is 0.481 e. The van der Waals surface area contributed by atoms with Crippen molar-refractivity contribution in [3.63, 3.8) is 0 Å². The molecule has 0 fully saturated rings. The zero-order valence-electron chi connectivity index (χ0n) is 48.9. The van der Waals surface area contributed by atoms with E-state index >= 15 is 0 Å². The molecule has 31 nitrogen and oxygen atoms in total. The van der Waals surface area contributed by atoms with E-state index in [-0.39, 0.29) is 202 Å². The van der Waals surface area contributed by atoms with Gasteiger partial charge in [-0.05, 0) is 51.4 Å². The van der Waals surface area contributed by atoms with Crippen molar-refractivity contribution in [2.45, 2.75) is 141 Å². The van der Waals surface area contributed by atoms with Gasteiger partial charge in [0.05, 0.1) is 38.9 Å². The van der Waals surface area contributed by atoms with Crippen LogP contribution < -0.4 is 42.5 Å². The lowest BCUT2D eigenvalue weighted by atomic mass is 10.2. The van der Waals surface area contributed by atoms with E-state index in [1.54, 1.807) is 0 Å². The number of amides is 10. The van der Waals surface area contributed by atoms with E-state index < -0.39 is 24.1 Å². The van der Waals surface area contributed by atoms with Crippen LogP contribution in [0.5, 0.6) is 0 Å². The molecule has 0 unspecified atom stereocenters. The van der Waals surface area contributed by atoms with Crippen LogP contribution in [0.2, 0.25) is 0 Å². The Morgan fingerprint density at radius 2 is 0.576 bits per heavy atom. The number of ether oxygens (including phenoxy) is 3. The van der Waals surface area contributed by atoms with Crippen LogP contribution in [0.3, 0.4) is 0 Å². The number of carboxylic acid groups (broad SMARTS) is 2. The third kappa shape index (κ3) is 49.4. The van der Waals surface area contributed by atoms with Gasteiger partial charge in [0.15, 0.2) is 0 Å². The quantitative estimate of drug-likeness (QED) is 0.0178. The van der Waals surface area contributed by atoms with Crippen LogP contribution in [0.4, 0.5) is 9.59 Å². The molecule has 484 valence electrons. The van der Waals surface area contributed by atoms with Gasteiger partial charge in [-0.1, -0.05) is 38.8 Å². The van der Waals surface area contributed by atoms with Gasteiger partial charge in [0.1, 0.15) is 24.7 Å². The highest BCUT2D eigenvalue weighted by Crippen LogP contribution is 2.06. The molecule has 12 N–H and O–H groups in total. The molecule has 0 saturated heterocycles. The number of carbonyl (C=O) groups is 12. The highest BCUT2D eigenvalue weighted by atomic mass is 17.1. The summed E-state index contributed by atoms with van der Waals surface area (Å²) in [5.41, 5.74) is 0. The van der Waals surface area contributed by atoms with Crippen molar-refractivity contribution in [1.29, 1.82) is 0 Å². The van der Waals surface area contributed by atoms with Gasteiger partial charge in [-0.2, -0.15) is 0 Å². The maximum Gasteiger partial charge on any atom is 0.409 e. The smallest absolute Gasteiger partial charge is 0.409 e. The molecule has 0 aromatic carbocycles. The standard InChI is InChI=1S/C54H92N10O21/c1-41(84-79)39-49(71)57-25-13-5-9-17-45(67)61-29-33-64(34-30-62-46(68)18-10-6-14-26-58-50(72)40-42(2)85-80)54(78)83-38-36-81-35-37-82-53(77)63(31-27-59-43(65)15-7-3-11-23-55-47(69)19-21-51(73)74)32-28-60-44(66)16-8-4-12-24-56-48(70)20-22-52(75)76/h79-80H,1-40H2,(H,55,69)(H,56,70)(H,57,71)(H,58,72)(H,59,65)(H,60,66)(H,61,67)(H,62,68)(H,73,74)(H,75,76).